The third-order valence-corrected chi connectivity index (χ3v) is 5.94. The zero-order chi connectivity index (χ0) is 25.7. The summed E-state index contributed by atoms with van der Waals surface area (Å²) < 4.78 is 0. The van der Waals surface area contributed by atoms with Crippen molar-refractivity contribution in [1.29, 1.82) is 0 Å². The quantitative estimate of drug-likeness (QED) is 0.553. The second-order valence-corrected chi connectivity index (χ2v) is 8.97. The van der Waals surface area contributed by atoms with E-state index < -0.39 is 17.9 Å². The van der Waals surface area contributed by atoms with E-state index in [-0.39, 0.29) is 18.4 Å². The SMILES string of the molecule is CC(=O)N1CCCC1.O=C1CCCCCCCCCCC(C(=O)O)NC(=O)CN1.c1ccccc1. The monoisotopic (exact) mass is 489 g/mol. The fourth-order valence-electron chi connectivity index (χ4n) is 3.88. The van der Waals surface area contributed by atoms with Gasteiger partial charge in [-0.15, -0.1) is 0 Å². The molecule has 2 aliphatic heterocycles. The first-order valence-corrected chi connectivity index (χ1v) is 12.9. The first-order valence-electron chi connectivity index (χ1n) is 12.9. The maximum absolute atomic E-state index is 11.6. The van der Waals surface area contributed by atoms with Crippen LogP contribution in [-0.2, 0) is 19.2 Å². The summed E-state index contributed by atoms with van der Waals surface area (Å²) in [5, 5.41) is 14.1. The van der Waals surface area contributed by atoms with Crippen LogP contribution < -0.4 is 10.6 Å². The van der Waals surface area contributed by atoms with Crippen molar-refractivity contribution in [1.82, 2.24) is 15.5 Å². The number of aliphatic carboxylic acids is 1. The largest absolute Gasteiger partial charge is 0.480 e. The molecular formula is C27H43N3O5. The van der Waals surface area contributed by atoms with Crippen LogP contribution in [0.3, 0.4) is 0 Å². The predicted octanol–water partition coefficient (Wildman–Crippen LogP) is 3.90. The van der Waals surface area contributed by atoms with Crippen molar-refractivity contribution in [3.8, 4) is 0 Å². The average molecular weight is 490 g/mol. The predicted molar refractivity (Wildman–Crippen MR) is 137 cm³/mol. The highest BCUT2D eigenvalue weighted by Gasteiger charge is 2.19. The van der Waals surface area contributed by atoms with Crippen LogP contribution in [0.1, 0.15) is 84.0 Å². The van der Waals surface area contributed by atoms with Crippen LogP contribution in [0.5, 0.6) is 0 Å². The molecule has 1 aromatic carbocycles. The molecule has 2 heterocycles. The van der Waals surface area contributed by atoms with Crippen LogP contribution in [0.4, 0.5) is 0 Å². The molecule has 0 saturated carbocycles. The Bertz CT molecular complexity index is 709. The minimum absolute atomic E-state index is 0.149. The molecule has 0 aromatic heterocycles. The summed E-state index contributed by atoms with van der Waals surface area (Å²) in [5.41, 5.74) is 0. The number of carboxylic acid groups (broad SMARTS) is 1. The van der Waals surface area contributed by atoms with Crippen LogP contribution in [0.2, 0.25) is 0 Å². The Morgan fingerprint density at radius 1 is 0.771 bits per heavy atom. The van der Waals surface area contributed by atoms with Gasteiger partial charge in [0.1, 0.15) is 6.04 Å². The fraction of sp³-hybridized carbons (Fsp3) is 0.630. The molecule has 3 N–H and O–H groups in total. The summed E-state index contributed by atoms with van der Waals surface area (Å²) in [5.74, 6) is -1.38. The number of hydrogen-bond donors (Lipinski definition) is 3. The van der Waals surface area contributed by atoms with Crippen LogP contribution in [0, 0.1) is 0 Å². The fourth-order valence-corrected chi connectivity index (χ4v) is 3.88. The summed E-state index contributed by atoms with van der Waals surface area (Å²) >= 11 is 0. The number of nitrogens with one attached hydrogen (secondary N) is 2. The average Bonchev–Trinajstić information content (AvgIpc) is 3.40. The molecule has 1 atom stereocenters. The van der Waals surface area contributed by atoms with E-state index in [2.05, 4.69) is 10.6 Å². The van der Waals surface area contributed by atoms with Crippen molar-refractivity contribution >= 4 is 23.7 Å². The van der Waals surface area contributed by atoms with Gasteiger partial charge in [0, 0.05) is 26.4 Å². The van der Waals surface area contributed by atoms with Gasteiger partial charge in [-0.1, -0.05) is 81.3 Å². The Kier molecular flexibility index (Phi) is 16.7. The van der Waals surface area contributed by atoms with Crippen molar-refractivity contribution in [3.63, 3.8) is 0 Å². The van der Waals surface area contributed by atoms with Gasteiger partial charge in [-0.2, -0.15) is 0 Å². The number of benzene rings is 1. The number of carbonyl (C=O) groups is 4. The summed E-state index contributed by atoms with van der Waals surface area (Å²) in [6.45, 7) is 3.44. The van der Waals surface area contributed by atoms with Crippen molar-refractivity contribution in [3.05, 3.63) is 36.4 Å². The van der Waals surface area contributed by atoms with Crippen molar-refractivity contribution in [2.45, 2.75) is 90.0 Å². The number of nitrogens with zero attached hydrogens (tertiary/aromatic N) is 1. The molecule has 0 spiro atoms. The summed E-state index contributed by atoms with van der Waals surface area (Å²) in [7, 11) is 0. The Balaban J connectivity index is 0.000000351. The highest BCUT2D eigenvalue weighted by atomic mass is 16.4. The molecule has 2 aliphatic rings. The molecule has 35 heavy (non-hydrogen) atoms. The van der Waals surface area contributed by atoms with Gasteiger partial charge in [-0.05, 0) is 25.7 Å². The van der Waals surface area contributed by atoms with Gasteiger partial charge in [0.2, 0.25) is 17.7 Å². The van der Waals surface area contributed by atoms with Crippen molar-refractivity contribution in [2.24, 2.45) is 0 Å². The molecule has 1 aromatic rings. The van der Waals surface area contributed by atoms with Gasteiger partial charge in [0.05, 0.1) is 6.54 Å². The minimum Gasteiger partial charge on any atom is -0.480 e. The van der Waals surface area contributed by atoms with Gasteiger partial charge in [-0.3, -0.25) is 14.4 Å². The van der Waals surface area contributed by atoms with Crippen molar-refractivity contribution < 1.29 is 24.3 Å². The molecule has 8 heteroatoms. The van der Waals surface area contributed by atoms with Crippen LogP contribution in [-0.4, -0.2) is 59.4 Å². The van der Waals surface area contributed by atoms with E-state index in [1.807, 2.05) is 41.3 Å². The van der Waals surface area contributed by atoms with E-state index in [1.165, 1.54) is 19.3 Å². The first kappa shape index (κ1) is 30.1. The van der Waals surface area contributed by atoms with E-state index in [4.69, 9.17) is 5.11 Å². The topological polar surface area (TPSA) is 116 Å². The summed E-state index contributed by atoms with van der Waals surface area (Å²) in [4.78, 5) is 46.7. The van der Waals surface area contributed by atoms with Crippen LogP contribution >= 0.6 is 0 Å². The van der Waals surface area contributed by atoms with E-state index in [1.54, 1.807) is 6.92 Å². The third kappa shape index (κ3) is 16.4. The van der Waals surface area contributed by atoms with Crippen molar-refractivity contribution in [2.75, 3.05) is 19.6 Å². The number of rotatable bonds is 1. The molecule has 196 valence electrons. The molecule has 0 radical (unpaired) electrons. The maximum Gasteiger partial charge on any atom is 0.326 e. The second kappa shape index (κ2) is 19.4. The smallest absolute Gasteiger partial charge is 0.326 e. The molecule has 8 nitrogen and oxygen atoms in total. The van der Waals surface area contributed by atoms with Gasteiger partial charge in [-0.25, -0.2) is 4.79 Å². The van der Waals surface area contributed by atoms with Crippen LogP contribution in [0.25, 0.3) is 0 Å². The lowest BCUT2D eigenvalue weighted by Gasteiger charge is -2.15. The first-order chi connectivity index (χ1) is 16.9. The molecule has 0 bridgehead atoms. The molecule has 3 amide bonds. The van der Waals surface area contributed by atoms with Gasteiger partial charge < -0.3 is 20.6 Å². The summed E-state index contributed by atoms with van der Waals surface area (Å²) in [6.07, 6.45) is 11.5. The molecule has 0 aliphatic carbocycles. The number of amides is 3. The third-order valence-electron chi connectivity index (χ3n) is 5.94. The minimum atomic E-state index is -1.02. The maximum atomic E-state index is 11.6. The zero-order valence-electron chi connectivity index (χ0n) is 21.2. The van der Waals surface area contributed by atoms with Gasteiger partial charge in [0.25, 0.3) is 0 Å². The number of hydrogen-bond acceptors (Lipinski definition) is 4. The second-order valence-electron chi connectivity index (χ2n) is 8.97. The molecular weight excluding hydrogens is 446 g/mol. The Morgan fingerprint density at radius 3 is 1.71 bits per heavy atom. The normalized spacial score (nSPS) is 20.1. The van der Waals surface area contributed by atoms with E-state index >= 15 is 0 Å². The molecule has 2 saturated heterocycles. The molecule has 1 unspecified atom stereocenters. The number of carboxylic acids is 1. The van der Waals surface area contributed by atoms with E-state index in [0.29, 0.717) is 12.8 Å². The zero-order valence-corrected chi connectivity index (χ0v) is 21.2. The Labute approximate surface area is 209 Å². The van der Waals surface area contributed by atoms with Gasteiger partial charge >= 0.3 is 5.97 Å². The Morgan fingerprint density at radius 2 is 1.26 bits per heavy atom. The highest BCUT2D eigenvalue weighted by molar-refractivity contribution is 5.87. The Hall–Kier alpha value is -2.90. The lowest BCUT2D eigenvalue weighted by molar-refractivity contribution is -0.142. The summed E-state index contributed by atoms with van der Waals surface area (Å²) in [6, 6.07) is 11.1. The van der Waals surface area contributed by atoms with Crippen LogP contribution in [0.15, 0.2) is 36.4 Å². The standard InChI is InChI=1S/C15H26N2O4.C6H11NO.C6H6/c18-13-10-8-6-4-2-1-3-5-7-9-12(15(20)21)17-14(19)11-16-13;1-6(8)7-4-2-3-5-7;1-2-4-6-5-3-1/h12H,1-11H2,(H,16,18)(H,17,19)(H,20,21);2-5H2,1H3;1-6H. The van der Waals surface area contributed by atoms with E-state index in [9.17, 15) is 19.2 Å². The molecule has 2 fully saturated rings. The number of likely N-dealkylation sites (tertiary alicyclic amines) is 1. The highest BCUT2D eigenvalue weighted by Crippen LogP contribution is 2.12. The lowest BCUT2D eigenvalue weighted by Crippen LogP contribution is -2.45. The molecule has 3 rings (SSSR count). The lowest BCUT2D eigenvalue weighted by atomic mass is 10.0. The van der Waals surface area contributed by atoms with E-state index in [0.717, 1.165) is 58.0 Å². The van der Waals surface area contributed by atoms with Gasteiger partial charge in [0.15, 0.2) is 0 Å². The number of carbonyl (C=O) groups excluding carboxylic acids is 3.